The Morgan fingerprint density at radius 3 is 2.89 bits per heavy atom. The third kappa shape index (κ3) is 2.36. The van der Waals surface area contributed by atoms with Crippen molar-refractivity contribution in [3.05, 3.63) is 0 Å². The van der Waals surface area contributed by atoms with Crippen molar-refractivity contribution in [1.82, 2.24) is 10.2 Å². The summed E-state index contributed by atoms with van der Waals surface area (Å²) >= 11 is 0. The number of nitrogens with one attached hydrogen (secondary N) is 1. The lowest BCUT2D eigenvalue weighted by Gasteiger charge is -2.42. The zero-order valence-corrected chi connectivity index (χ0v) is 11.2. The Hall–Kier alpha value is -1.10. The molecule has 3 unspecified atom stereocenters. The number of carbonyl (C=O) groups is 2. The largest absolute Gasteiger partial charge is 0.353 e. The van der Waals surface area contributed by atoms with E-state index in [2.05, 4.69) is 12.2 Å². The molecule has 0 spiro atoms. The van der Waals surface area contributed by atoms with Gasteiger partial charge >= 0.3 is 0 Å². The molecular weight excluding hydrogens is 230 g/mol. The number of rotatable bonds is 1. The van der Waals surface area contributed by atoms with Crippen molar-refractivity contribution in [2.75, 3.05) is 13.1 Å². The smallest absolute Gasteiger partial charge is 0.243 e. The molecule has 1 aliphatic heterocycles. The van der Waals surface area contributed by atoms with Crippen molar-refractivity contribution in [2.45, 2.75) is 51.1 Å². The van der Waals surface area contributed by atoms with Gasteiger partial charge in [-0.2, -0.15) is 0 Å². The molecule has 3 atom stereocenters. The molecule has 2 fully saturated rings. The van der Waals surface area contributed by atoms with E-state index in [1.807, 2.05) is 0 Å². The summed E-state index contributed by atoms with van der Waals surface area (Å²) in [5, 5.41) is 2.77. The highest BCUT2D eigenvalue weighted by molar-refractivity contribution is 5.92. The van der Waals surface area contributed by atoms with Gasteiger partial charge in [0.05, 0.1) is 5.54 Å². The van der Waals surface area contributed by atoms with Crippen LogP contribution in [0.4, 0.5) is 0 Å². The van der Waals surface area contributed by atoms with Gasteiger partial charge in [0.2, 0.25) is 11.8 Å². The van der Waals surface area contributed by atoms with Crippen molar-refractivity contribution in [2.24, 2.45) is 11.7 Å². The second kappa shape index (κ2) is 4.88. The van der Waals surface area contributed by atoms with Gasteiger partial charge in [0.1, 0.15) is 6.04 Å². The van der Waals surface area contributed by atoms with E-state index in [1.54, 1.807) is 11.8 Å². The fraction of sp³-hybridized carbons (Fsp3) is 0.846. The molecule has 2 rings (SSSR count). The van der Waals surface area contributed by atoms with E-state index < -0.39 is 11.6 Å². The van der Waals surface area contributed by atoms with Crippen LogP contribution in [0.15, 0.2) is 0 Å². The number of amides is 2. The first-order valence-corrected chi connectivity index (χ1v) is 6.82. The summed E-state index contributed by atoms with van der Waals surface area (Å²) in [7, 11) is 0. The van der Waals surface area contributed by atoms with E-state index in [0.717, 1.165) is 25.7 Å². The third-order valence-corrected chi connectivity index (χ3v) is 4.22. The summed E-state index contributed by atoms with van der Waals surface area (Å²) in [4.78, 5) is 25.9. The molecule has 0 aromatic rings. The Morgan fingerprint density at radius 1 is 1.50 bits per heavy atom. The minimum absolute atomic E-state index is 0.0450. The van der Waals surface area contributed by atoms with Crippen molar-refractivity contribution >= 4 is 11.8 Å². The molecule has 0 bridgehead atoms. The van der Waals surface area contributed by atoms with Crippen LogP contribution in [0.1, 0.15) is 39.5 Å². The van der Waals surface area contributed by atoms with E-state index in [4.69, 9.17) is 5.73 Å². The fourth-order valence-corrected chi connectivity index (χ4v) is 3.13. The van der Waals surface area contributed by atoms with Crippen LogP contribution in [0.2, 0.25) is 0 Å². The lowest BCUT2D eigenvalue weighted by molar-refractivity contribution is -0.148. The van der Waals surface area contributed by atoms with Gasteiger partial charge in [-0.15, -0.1) is 0 Å². The molecule has 102 valence electrons. The van der Waals surface area contributed by atoms with Gasteiger partial charge in [0.25, 0.3) is 0 Å². The summed E-state index contributed by atoms with van der Waals surface area (Å²) in [5.74, 6) is 0.361. The third-order valence-electron chi connectivity index (χ3n) is 4.22. The van der Waals surface area contributed by atoms with Crippen LogP contribution in [0.25, 0.3) is 0 Å². The number of hydrogen-bond donors (Lipinski definition) is 2. The first kappa shape index (κ1) is 13.3. The van der Waals surface area contributed by atoms with Crippen molar-refractivity contribution in [3.8, 4) is 0 Å². The van der Waals surface area contributed by atoms with E-state index in [-0.39, 0.29) is 11.8 Å². The van der Waals surface area contributed by atoms with Crippen LogP contribution >= 0.6 is 0 Å². The zero-order chi connectivity index (χ0) is 13.3. The van der Waals surface area contributed by atoms with Crippen LogP contribution in [0.5, 0.6) is 0 Å². The number of nitrogens with zero attached hydrogens (tertiary/aromatic N) is 1. The minimum Gasteiger partial charge on any atom is -0.353 e. The van der Waals surface area contributed by atoms with Gasteiger partial charge in [-0.1, -0.05) is 19.8 Å². The summed E-state index contributed by atoms with van der Waals surface area (Å²) in [6.45, 7) is 5.00. The van der Waals surface area contributed by atoms with Crippen LogP contribution < -0.4 is 11.1 Å². The maximum Gasteiger partial charge on any atom is 0.243 e. The monoisotopic (exact) mass is 253 g/mol. The second-order valence-corrected chi connectivity index (χ2v) is 5.82. The van der Waals surface area contributed by atoms with Crippen molar-refractivity contribution in [3.63, 3.8) is 0 Å². The zero-order valence-electron chi connectivity index (χ0n) is 11.2. The molecule has 3 N–H and O–H groups in total. The van der Waals surface area contributed by atoms with Crippen molar-refractivity contribution < 1.29 is 9.59 Å². The maximum atomic E-state index is 12.6. The first-order valence-electron chi connectivity index (χ1n) is 6.82. The maximum absolute atomic E-state index is 12.6. The molecule has 0 radical (unpaired) electrons. The second-order valence-electron chi connectivity index (χ2n) is 5.82. The first-order chi connectivity index (χ1) is 8.44. The quantitative estimate of drug-likeness (QED) is 0.703. The van der Waals surface area contributed by atoms with Crippen LogP contribution in [0, 0.1) is 5.92 Å². The molecule has 2 amide bonds. The fourth-order valence-electron chi connectivity index (χ4n) is 3.13. The summed E-state index contributed by atoms with van der Waals surface area (Å²) in [6.07, 6.45) is 3.61. The number of piperazine rings is 1. The summed E-state index contributed by atoms with van der Waals surface area (Å²) in [6, 6.07) is -0.399. The SMILES string of the molecule is CC1CCCC(N)(C(=O)N2CCNC(=O)C2C)C1. The van der Waals surface area contributed by atoms with Crippen molar-refractivity contribution in [1.29, 1.82) is 0 Å². The molecule has 0 aromatic carbocycles. The number of carbonyl (C=O) groups excluding carboxylic acids is 2. The minimum atomic E-state index is -0.760. The highest BCUT2D eigenvalue weighted by atomic mass is 16.2. The highest BCUT2D eigenvalue weighted by Crippen LogP contribution is 2.32. The lowest BCUT2D eigenvalue weighted by atomic mass is 9.76. The predicted molar refractivity (Wildman–Crippen MR) is 68.7 cm³/mol. The Kier molecular flexibility index (Phi) is 3.61. The van der Waals surface area contributed by atoms with Crippen LogP contribution in [-0.4, -0.2) is 41.4 Å². The molecule has 5 nitrogen and oxygen atoms in total. The Morgan fingerprint density at radius 2 is 2.22 bits per heavy atom. The van der Waals surface area contributed by atoms with Gasteiger partial charge in [-0.25, -0.2) is 0 Å². The number of nitrogens with two attached hydrogens (primary N) is 1. The average Bonchev–Trinajstić information content (AvgIpc) is 2.31. The van der Waals surface area contributed by atoms with Gasteiger partial charge in [-0.05, 0) is 25.7 Å². The summed E-state index contributed by atoms with van der Waals surface area (Å²) < 4.78 is 0. The van der Waals surface area contributed by atoms with Gasteiger partial charge in [0.15, 0.2) is 0 Å². The average molecular weight is 253 g/mol. The standard InChI is InChI=1S/C13H23N3O2/c1-9-4-3-5-13(14,8-9)12(18)16-7-6-15-11(17)10(16)2/h9-10H,3-8,14H2,1-2H3,(H,15,17). The molecule has 1 saturated heterocycles. The number of hydrogen-bond acceptors (Lipinski definition) is 3. The van der Waals surface area contributed by atoms with E-state index in [1.165, 1.54) is 0 Å². The molecule has 1 heterocycles. The predicted octanol–water partition coefficient (Wildman–Crippen LogP) is 0.241. The van der Waals surface area contributed by atoms with Gasteiger partial charge in [0, 0.05) is 13.1 Å². The molecule has 5 heteroatoms. The molecular formula is C13H23N3O2. The molecule has 18 heavy (non-hydrogen) atoms. The Bertz CT molecular complexity index is 358. The van der Waals surface area contributed by atoms with Gasteiger partial charge in [-0.3, -0.25) is 9.59 Å². The molecule has 1 aliphatic carbocycles. The Balaban J connectivity index is 2.12. The van der Waals surface area contributed by atoms with Crippen LogP contribution in [-0.2, 0) is 9.59 Å². The lowest BCUT2D eigenvalue weighted by Crippen LogP contribution is -2.64. The molecule has 1 saturated carbocycles. The van der Waals surface area contributed by atoms with Gasteiger partial charge < -0.3 is 16.0 Å². The molecule has 0 aromatic heterocycles. The highest BCUT2D eigenvalue weighted by Gasteiger charge is 2.43. The van der Waals surface area contributed by atoms with Crippen LogP contribution in [0.3, 0.4) is 0 Å². The Labute approximate surface area is 108 Å². The van der Waals surface area contributed by atoms with E-state index in [9.17, 15) is 9.59 Å². The van der Waals surface area contributed by atoms with E-state index >= 15 is 0 Å². The van der Waals surface area contributed by atoms with E-state index in [0.29, 0.717) is 19.0 Å². The molecule has 2 aliphatic rings. The summed E-state index contributed by atoms with van der Waals surface area (Å²) in [5.41, 5.74) is 5.55. The topological polar surface area (TPSA) is 75.4 Å². The normalized spacial score (nSPS) is 37.3.